The highest BCUT2D eigenvalue weighted by atomic mass is 16.5. The zero-order valence-corrected chi connectivity index (χ0v) is 16.5. The molecule has 0 aliphatic carbocycles. The van der Waals surface area contributed by atoms with E-state index in [9.17, 15) is 14.4 Å². The van der Waals surface area contributed by atoms with Gasteiger partial charge in [0.25, 0.3) is 11.8 Å². The van der Waals surface area contributed by atoms with E-state index in [1.807, 2.05) is 30.3 Å². The van der Waals surface area contributed by atoms with E-state index in [4.69, 9.17) is 9.15 Å². The van der Waals surface area contributed by atoms with Crippen LogP contribution in [-0.4, -0.2) is 36.3 Å². The maximum Gasteiger partial charge on any atom is 0.339 e. The third kappa shape index (κ3) is 5.57. The topological polar surface area (TPSA) is 88.8 Å². The van der Waals surface area contributed by atoms with Gasteiger partial charge in [0.2, 0.25) is 0 Å². The molecule has 0 saturated heterocycles. The van der Waals surface area contributed by atoms with Crippen molar-refractivity contribution in [2.45, 2.75) is 13.1 Å². The number of esters is 1. The molecule has 3 rings (SSSR count). The highest BCUT2D eigenvalue weighted by Gasteiger charge is 2.21. The Kier molecular flexibility index (Phi) is 7.00. The van der Waals surface area contributed by atoms with E-state index in [1.54, 1.807) is 37.4 Å². The van der Waals surface area contributed by atoms with Gasteiger partial charge >= 0.3 is 5.97 Å². The van der Waals surface area contributed by atoms with E-state index >= 15 is 0 Å². The van der Waals surface area contributed by atoms with Gasteiger partial charge in [-0.3, -0.25) is 9.59 Å². The zero-order valence-electron chi connectivity index (χ0n) is 16.5. The van der Waals surface area contributed by atoms with Crippen molar-refractivity contribution >= 4 is 17.8 Å². The molecule has 0 atom stereocenters. The molecule has 154 valence electrons. The maximum atomic E-state index is 12.9. The van der Waals surface area contributed by atoms with Gasteiger partial charge in [-0.15, -0.1) is 0 Å². The molecular weight excluding hydrogens is 384 g/mol. The quantitative estimate of drug-likeness (QED) is 0.581. The fraction of sp³-hybridized carbons (Fsp3) is 0.174. The first-order valence-electron chi connectivity index (χ1n) is 9.39. The Morgan fingerprint density at radius 2 is 1.63 bits per heavy atom. The van der Waals surface area contributed by atoms with E-state index in [1.165, 1.54) is 17.2 Å². The molecule has 3 aromatic rings. The van der Waals surface area contributed by atoms with Crippen molar-refractivity contribution in [2.75, 3.05) is 13.7 Å². The molecule has 0 radical (unpaired) electrons. The van der Waals surface area contributed by atoms with Crippen LogP contribution in [0.25, 0.3) is 0 Å². The van der Waals surface area contributed by atoms with Crippen molar-refractivity contribution in [2.24, 2.45) is 0 Å². The molecular formula is C23H22N2O5. The van der Waals surface area contributed by atoms with Crippen molar-refractivity contribution in [3.05, 3.63) is 95.4 Å². The number of nitrogens with zero attached hydrogens (tertiary/aromatic N) is 1. The van der Waals surface area contributed by atoms with E-state index in [0.717, 1.165) is 5.56 Å². The lowest BCUT2D eigenvalue weighted by molar-refractivity contribution is -0.124. The van der Waals surface area contributed by atoms with Crippen LogP contribution in [0.3, 0.4) is 0 Å². The molecule has 7 heteroatoms. The van der Waals surface area contributed by atoms with E-state index in [0.29, 0.717) is 12.3 Å². The third-order valence-electron chi connectivity index (χ3n) is 4.36. The molecule has 0 aliphatic rings. The molecule has 1 N–H and O–H groups in total. The Hall–Kier alpha value is -3.87. The van der Waals surface area contributed by atoms with Crippen LogP contribution >= 0.6 is 0 Å². The highest BCUT2D eigenvalue weighted by Crippen LogP contribution is 2.14. The van der Waals surface area contributed by atoms with Gasteiger partial charge in [-0.05, 0) is 29.8 Å². The van der Waals surface area contributed by atoms with E-state index in [-0.39, 0.29) is 23.6 Å². The minimum absolute atomic E-state index is 0.112. The highest BCUT2D eigenvalue weighted by molar-refractivity contribution is 6.05. The molecule has 0 saturated carbocycles. The predicted molar refractivity (Wildman–Crippen MR) is 110 cm³/mol. The number of hydrogen-bond acceptors (Lipinski definition) is 5. The normalized spacial score (nSPS) is 10.3. The Labute approximate surface area is 174 Å². The number of furan rings is 1. The summed E-state index contributed by atoms with van der Waals surface area (Å²) in [6.45, 7) is 0.142. The number of nitrogens with one attached hydrogen (secondary N) is 1. The third-order valence-corrected chi connectivity index (χ3v) is 4.36. The van der Waals surface area contributed by atoms with Gasteiger partial charge in [0.15, 0.2) is 6.61 Å². The minimum atomic E-state index is -0.736. The molecule has 2 aromatic carbocycles. The predicted octanol–water partition coefficient (Wildman–Crippen LogP) is 3.03. The first-order chi connectivity index (χ1) is 14.5. The summed E-state index contributed by atoms with van der Waals surface area (Å²) in [6.07, 6.45) is 1.50. The molecule has 2 amide bonds. The molecule has 7 nitrogen and oxygen atoms in total. The lowest BCUT2D eigenvalue weighted by Crippen LogP contribution is -2.30. The lowest BCUT2D eigenvalue weighted by Gasteiger charge is -2.19. The van der Waals surface area contributed by atoms with Crippen LogP contribution in [0.5, 0.6) is 0 Å². The largest absolute Gasteiger partial charge is 0.467 e. The fourth-order valence-corrected chi connectivity index (χ4v) is 2.84. The van der Waals surface area contributed by atoms with Gasteiger partial charge < -0.3 is 19.4 Å². The van der Waals surface area contributed by atoms with E-state index < -0.39 is 18.5 Å². The standard InChI is InChI=1S/C23H22N2O5/c1-25(15-17-8-3-2-4-9-17)22(27)19-11-5-6-12-20(19)23(28)30-16-21(26)24-14-18-10-7-13-29-18/h2-13H,14-16H2,1H3,(H,24,26). The van der Waals surface area contributed by atoms with Crippen molar-refractivity contribution < 1.29 is 23.5 Å². The van der Waals surface area contributed by atoms with Crippen LogP contribution in [0.2, 0.25) is 0 Å². The van der Waals surface area contributed by atoms with Crippen molar-refractivity contribution in [3.8, 4) is 0 Å². The van der Waals surface area contributed by atoms with Gasteiger partial charge in [-0.1, -0.05) is 42.5 Å². The first-order valence-corrected chi connectivity index (χ1v) is 9.39. The molecule has 0 fully saturated rings. The van der Waals surface area contributed by atoms with Crippen LogP contribution in [0.4, 0.5) is 0 Å². The number of rotatable bonds is 8. The Morgan fingerprint density at radius 1 is 0.933 bits per heavy atom. The second kappa shape index (κ2) is 10.1. The summed E-state index contributed by atoms with van der Waals surface area (Å²) in [7, 11) is 1.67. The van der Waals surface area contributed by atoms with Gasteiger partial charge in [-0.2, -0.15) is 0 Å². The summed E-state index contributed by atoms with van der Waals surface area (Å²) in [5, 5.41) is 2.59. The second-order valence-corrected chi connectivity index (χ2v) is 6.62. The fourth-order valence-electron chi connectivity index (χ4n) is 2.84. The maximum absolute atomic E-state index is 12.9. The average Bonchev–Trinajstić information content (AvgIpc) is 3.30. The monoisotopic (exact) mass is 406 g/mol. The minimum Gasteiger partial charge on any atom is -0.467 e. The summed E-state index contributed by atoms with van der Waals surface area (Å²) in [4.78, 5) is 38.8. The van der Waals surface area contributed by atoms with Gasteiger partial charge in [-0.25, -0.2) is 4.79 Å². The lowest BCUT2D eigenvalue weighted by atomic mass is 10.1. The molecule has 0 unspecified atom stereocenters. The molecule has 1 aromatic heterocycles. The van der Waals surface area contributed by atoms with Crippen LogP contribution in [-0.2, 0) is 22.6 Å². The summed E-state index contributed by atoms with van der Waals surface area (Å²) in [5.41, 5.74) is 1.31. The van der Waals surface area contributed by atoms with Crippen LogP contribution < -0.4 is 5.32 Å². The molecule has 30 heavy (non-hydrogen) atoms. The number of carbonyl (C=O) groups excluding carboxylic acids is 3. The average molecular weight is 406 g/mol. The molecule has 1 heterocycles. The number of ether oxygens (including phenoxy) is 1. The summed E-state index contributed by atoms with van der Waals surface area (Å²) in [5.74, 6) is -0.925. The van der Waals surface area contributed by atoms with Gasteiger partial charge in [0.05, 0.1) is 23.9 Å². The Balaban J connectivity index is 1.60. The van der Waals surface area contributed by atoms with Gasteiger partial charge in [0, 0.05) is 13.6 Å². The van der Waals surface area contributed by atoms with Crippen LogP contribution in [0.15, 0.2) is 77.4 Å². The number of benzene rings is 2. The summed E-state index contributed by atoms with van der Waals surface area (Å²) >= 11 is 0. The van der Waals surface area contributed by atoms with Crippen molar-refractivity contribution in [1.29, 1.82) is 0 Å². The summed E-state index contributed by atoms with van der Waals surface area (Å²) in [6, 6.07) is 19.4. The van der Waals surface area contributed by atoms with Crippen LogP contribution in [0.1, 0.15) is 32.0 Å². The Morgan fingerprint density at radius 3 is 2.33 bits per heavy atom. The number of amides is 2. The number of carbonyl (C=O) groups is 3. The first kappa shape index (κ1) is 20.9. The van der Waals surface area contributed by atoms with Crippen LogP contribution in [0, 0.1) is 0 Å². The SMILES string of the molecule is CN(Cc1ccccc1)C(=O)c1ccccc1C(=O)OCC(=O)NCc1ccco1. The number of hydrogen-bond donors (Lipinski definition) is 1. The molecule has 0 aliphatic heterocycles. The molecule has 0 bridgehead atoms. The zero-order chi connectivity index (χ0) is 21.3. The van der Waals surface area contributed by atoms with E-state index in [2.05, 4.69) is 5.32 Å². The van der Waals surface area contributed by atoms with Gasteiger partial charge in [0.1, 0.15) is 5.76 Å². The second-order valence-electron chi connectivity index (χ2n) is 6.62. The van der Waals surface area contributed by atoms with Crippen molar-refractivity contribution in [1.82, 2.24) is 10.2 Å². The summed E-state index contributed by atoms with van der Waals surface area (Å²) < 4.78 is 10.2. The Bertz CT molecular complexity index is 999. The smallest absolute Gasteiger partial charge is 0.339 e. The molecule has 0 spiro atoms. The van der Waals surface area contributed by atoms with Crippen molar-refractivity contribution in [3.63, 3.8) is 0 Å².